The first-order chi connectivity index (χ1) is 12.9. The summed E-state index contributed by atoms with van der Waals surface area (Å²) in [7, 11) is 0. The van der Waals surface area contributed by atoms with Crippen LogP contribution in [0.1, 0.15) is 44.9 Å². The Kier molecular flexibility index (Phi) is 13.0. The van der Waals surface area contributed by atoms with E-state index in [2.05, 4.69) is 16.5 Å². The molecule has 1 N–H and O–H groups in total. The highest BCUT2D eigenvalue weighted by atomic mass is 16.5. The molecule has 3 aliphatic heterocycles. The Morgan fingerprint density at radius 1 is 0.654 bits per heavy atom. The molecule has 0 spiro atoms. The molecule has 3 rings (SSSR count). The van der Waals surface area contributed by atoms with E-state index in [0.29, 0.717) is 46.2 Å². The third-order valence-corrected chi connectivity index (χ3v) is 4.82. The Labute approximate surface area is 159 Å². The molecule has 0 aromatic heterocycles. The van der Waals surface area contributed by atoms with Crippen LogP contribution in [0.15, 0.2) is 11.6 Å². The van der Waals surface area contributed by atoms with Crippen molar-refractivity contribution in [3.8, 4) is 0 Å². The fraction of sp³-hybridized carbons (Fsp3) is 0.900. The van der Waals surface area contributed by atoms with Gasteiger partial charge in [-0.3, -0.25) is 5.43 Å². The Bertz CT molecular complexity index is 344. The van der Waals surface area contributed by atoms with Gasteiger partial charge in [0.25, 0.3) is 0 Å². The Morgan fingerprint density at radius 2 is 1.31 bits per heavy atom. The van der Waals surface area contributed by atoms with E-state index in [-0.39, 0.29) is 0 Å². The topological polar surface area (TPSA) is 52.2 Å². The van der Waals surface area contributed by atoms with Crippen LogP contribution in [-0.2, 0) is 18.9 Å². The molecule has 1 unspecified atom stereocenters. The number of rotatable bonds is 0. The summed E-state index contributed by atoms with van der Waals surface area (Å²) in [5.74, 6) is 0. The van der Waals surface area contributed by atoms with Crippen molar-refractivity contribution in [2.75, 3.05) is 72.5 Å². The number of nitrogens with zero attached hydrogens (tertiary/aromatic N) is 1. The molecule has 0 radical (unpaired) electrons. The van der Waals surface area contributed by atoms with E-state index < -0.39 is 0 Å². The molecule has 0 aliphatic carbocycles. The van der Waals surface area contributed by atoms with Crippen molar-refractivity contribution >= 4 is 0 Å². The Hall–Kier alpha value is -0.500. The molecule has 3 aliphatic rings. The van der Waals surface area contributed by atoms with Crippen molar-refractivity contribution in [2.45, 2.75) is 44.9 Å². The molecule has 0 aromatic rings. The van der Waals surface area contributed by atoms with Gasteiger partial charge in [0.1, 0.15) is 0 Å². The van der Waals surface area contributed by atoms with Crippen molar-refractivity contribution in [1.29, 1.82) is 0 Å². The van der Waals surface area contributed by atoms with Crippen molar-refractivity contribution in [1.82, 2.24) is 10.4 Å². The van der Waals surface area contributed by atoms with E-state index >= 15 is 0 Å². The van der Waals surface area contributed by atoms with Crippen LogP contribution in [0.3, 0.4) is 0 Å². The quantitative estimate of drug-likeness (QED) is 0.662. The van der Waals surface area contributed by atoms with Crippen LogP contribution in [0.5, 0.6) is 0 Å². The molecule has 1 saturated heterocycles. The van der Waals surface area contributed by atoms with Gasteiger partial charge in [0.2, 0.25) is 0 Å². The minimum atomic E-state index is 0.649. The maximum Gasteiger partial charge on any atom is 0.0704 e. The molecular weight excluding hydrogens is 332 g/mol. The summed E-state index contributed by atoms with van der Waals surface area (Å²) in [6.45, 7) is 8.25. The minimum absolute atomic E-state index is 0.649. The van der Waals surface area contributed by atoms with Crippen LogP contribution in [0, 0.1) is 0 Å². The van der Waals surface area contributed by atoms with E-state index in [1.54, 1.807) is 0 Å². The van der Waals surface area contributed by atoms with Gasteiger partial charge in [-0.15, -0.1) is 0 Å². The smallest absolute Gasteiger partial charge is 0.0704 e. The molecule has 0 saturated carbocycles. The summed E-state index contributed by atoms with van der Waals surface area (Å²) < 4.78 is 22.9. The van der Waals surface area contributed by atoms with Gasteiger partial charge in [0, 0.05) is 19.6 Å². The number of hydrogen-bond acceptors (Lipinski definition) is 6. The summed E-state index contributed by atoms with van der Waals surface area (Å²) >= 11 is 0. The summed E-state index contributed by atoms with van der Waals surface area (Å²) in [5, 5.41) is 2.23. The highest BCUT2D eigenvalue weighted by Gasteiger charge is 2.06. The second-order valence-electron chi connectivity index (χ2n) is 6.94. The highest BCUT2D eigenvalue weighted by Crippen LogP contribution is 2.14. The second-order valence-corrected chi connectivity index (χ2v) is 6.94. The molecule has 6 nitrogen and oxygen atoms in total. The third-order valence-electron chi connectivity index (χ3n) is 4.82. The summed E-state index contributed by atoms with van der Waals surface area (Å²) in [4.78, 5) is 0. The molecule has 1 fully saturated rings. The lowest BCUT2D eigenvalue weighted by molar-refractivity contribution is 0.0149. The first kappa shape index (κ1) is 21.8. The minimum Gasteiger partial charge on any atom is -0.379 e. The van der Waals surface area contributed by atoms with Crippen LogP contribution >= 0.6 is 0 Å². The fourth-order valence-corrected chi connectivity index (χ4v) is 3.20. The number of hydrazine groups is 1. The summed E-state index contributed by atoms with van der Waals surface area (Å²) in [5.41, 5.74) is 5.00. The van der Waals surface area contributed by atoms with E-state index in [4.69, 9.17) is 18.9 Å². The van der Waals surface area contributed by atoms with Crippen molar-refractivity contribution in [3.63, 3.8) is 0 Å². The van der Waals surface area contributed by atoms with Gasteiger partial charge in [-0.2, -0.15) is 0 Å². The lowest BCUT2D eigenvalue weighted by Crippen LogP contribution is -2.43. The second kappa shape index (κ2) is 15.5. The summed E-state index contributed by atoms with van der Waals surface area (Å²) in [6, 6.07) is 0. The van der Waals surface area contributed by atoms with E-state index in [9.17, 15) is 0 Å². The van der Waals surface area contributed by atoms with Crippen LogP contribution in [0.4, 0.5) is 0 Å². The zero-order valence-corrected chi connectivity index (χ0v) is 16.4. The average molecular weight is 371 g/mol. The zero-order valence-electron chi connectivity index (χ0n) is 16.4. The predicted molar refractivity (Wildman–Crippen MR) is 103 cm³/mol. The van der Waals surface area contributed by atoms with Gasteiger partial charge in [0.15, 0.2) is 0 Å². The lowest BCUT2D eigenvalue weighted by atomic mass is 10.0. The Balaban J connectivity index is 1.91. The summed E-state index contributed by atoms with van der Waals surface area (Å²) in [6.07, 6.45) is 10.8. The molecule has 3 heterocycles. The fourth-order valence-electron chi connectivity index (χ4n) is 3.20. The number of nitrogens with one attached hydrogen (secondary N) is 1. The maximum absolute atomic E-state index is 5.75. The molecule has 2 bridgehead atoms. The van der Waals surface area contributed by atoms with Gasteiger partial charge < -0.3 is 18.9 Å². The first-order valence-corrected chi connectivity index (χ1v) is 10.4. The third kappa shape index (κ3) is 11.3. The predicted octanol–water partition coefficient (Wildman–Crippen LogP) is 2.54. The van der Waals surface area contributed by atoms with Crippen molar-refractivity contribution < 1.29 is 18.9 Å². The molecule has 0 amide bonds. The number of hydrogen-bond donors (Lipinski definition) is 1. The first-order valence-electron chi connectivity index (χ1n) is 10.4. The lowest BCUT2D eigenvalue weighted by Gasteiger charge is -2.23. The van der Waals surface area contributed by atoms with Gasteiger partial charge in [-0.25, -0.2) is 5.01 Å². The monoisotopic (exact) mass is 370 g/mol. The van der Waals surface area contributed by atoms with Gasteiger partial charge in [-0.1, -0.05) is 30.9 Å². The molecule has 152 valence electrons. The van der Waals surface area contributed by atoms with Gasteiger partial charge in [-0.05, 0) is 25.7 Å². The van der Waals surface area contributed by atoms with Crippen molar-refractivity contribution in [3.05, 3.63) is 11.6 Å². The van der Waals surface area contributed by atoms with Crippen LogP contribution in [0.2, 0.25) is 0 Å². The highest BCUT2D eigenvalue weighted by molar-refractivity contribution is 5.02. The molecule has 1 atom stereocenters. The van der Waals surface area contributed by atoms with Crippen molar-refractivity contribution in [2.24, 2.45) is 0 Å². The molecule has 26 heavy (non-hydrogen) atoms. The van der Waals surface area contributed by atoms with Gasteiger partial charge >= 0.3 is 0 Å². The van der Waals surface area contributed by atoms with E-state index in [0.717, 1.165) is 39.1 Å². The molecular formula is C20H38N2O4. The number of fused-ring (bicyclic) bond motifs is 21. The SMILES string of the molecule is C1=C2/CCCCCCCNN(CCOCCOC/1)CCOCCOCC2. The van der Waals surface area contributed by atoms with E-state index in [1.807, 2.05) is 0 Å². The van der Waals surface area contributed by atoms with E-state index in [1.165, 1.54) is 37.7 Å². The van der Waals surface area contributed by atoms with Crippen LogP contribution < -0.4 is 5.43 Å². The van der Waals surface area contributed by atoms with Crippen LogP contribution in [0.25, 0.3) is 0 Å². The molecule has 0 aromatic carbocycles. The zero-order chi connectivity index (χ0) is 18.1. The standard InChI is InChI=1S/C20H38N2O4/c1-2-4-6-20-7-12-23-16-18-25-14-10-22(21-9-5-3-1)11-15-26-19-17-24-13-8-20/h7,21H,1-6,8-19H2/b20-7-. The normalized spacial score (nSPS) is 29.4. The average Bonchev–Trinajstić information content (AvgIpc) is 2.65. The largest absolute Gasteiger partial charge is 0.379 e. The van der Waals surface area contributed by atoms with Gasteiger partial charge in [0.05, 0.1) is 52.9 Å². The molecule has 6 heteroatoms. The van der Waals surface area contributed by atoms with Crippen LogP contribution in [-0.4, -0.2) is 77.5 Å². The number of ether oxygens (including phenoxy) is 4. The maximum atomic E-state index is 5.75. The Morgan fingerprint density at radius 3 is 2.12 bits per heavy atom.